The highest BCUT2D eigenvalue weighted by Gasteiger charge is 2.20. The molecule has 6 nitrogen and oxygen atoms in total. The number of nitrogens with zero attached hydrogens (tertiary/aromatic N) is 2. The molecule has 0 saturated carbocycles. The maximum absolute atomic E-state index is 12.7. The predicted molar refractivity (Wildman–Crippen MR) is 109 cm³/mol. The summed E-state index contributed by atoms with van der Waals surface area (Å²) in [4.78, 5) is 29.8. The number of anilines is 1. The standard InChI is InChI=1S/C20H19F2N3O3S/c1-3-25-18(27)13-8-4-5-9-14(13)24-20(25)29-12(2)17(26)23-15-10-6-7-11-16(15)28-19(21)22/h4-12,19H,3H2,1-2H3,(H,23,26). The van der Waals surface area contributed by atoms with Gasteiger partial charge >= 0.3 is 6.61 Å². The van der Waals surface area contributed by atoms with Crippen molar-refractivity contribution in [2.24, 2.45) is 0 Å². The average Bonchev–Trinajstić information content (AvgIpc) is 2.69. The third-order valence-corrected chi connectivity index (χ3v) is 5.25. The number of alkyl halides is 2. The highest BCUT2D eigenvalue weighted by molar-refractivity contribution is 8.00. The number of aromatic nitrogens is 2. The van der Waals surface area contributed by atoms with Crippen LogP contribution in [0.2, 0.25) is 0 Å². The summed E-state index contributed by atoms with van der Waals surface area (Å²) < 4.78 is 31.0. The molecule has 0 bridgehead atoms. The van der Waals surface area contributed by atoms with Gasteiger partial charge < -0.3 is 10.1 Å². The molecule has 0 aliphatic rings. The lowest BCUT2D eigenvalue weighted by Crippen LogP contribution is -2.26. The maximum Gasteiger partial charge on any atom is 0.387 e. The van der Waals surface area contributed by atoms with Crippen LogP contribution in [0.15, 0.2) is 58.5 Å². The molecule has 29 heavy (non-hydrogen) atoms. The quantitative estimate of drug-likeness (QED) is 0.460. The largest absolute Gasteiger partial charge is 0.433 e. The van der Waals surface area contributed by atoms with Crippen LogP contribution in [-0.4, -0.2) is 27.3 Å². The first kappa shape index (κ1) is 20.8. The number of rotatable bonds is 7. The van der Waals surface area contributed by atoms with Crippen molar-refractivity contribution in [2.45, 2.75) is 37.4 Å². The third-order valence-electron chi connectivity index (χ3n) is 4.16. The predicted octanol–water partition coefficient (Wildman–Crippen LogP) is 4.14. The van der Waals surface area contributed by atoms with Gasteiger partial charge in [-0.25, -0.2) is 4.98 Å². The number of ether oxygens (including phenoxy) is 1. The van der Waals surface area contributed by atoms with Gasteiger partial charge in [-0.3, -0.25) is 14.2 Å². The molecule has 0 saturated heterocycles. The number of nitrogens with one attached hydrogen (secondary N) is 1. The summed E-state index contributed by atoms with van der Waals surface area (Å²) in [6.07, 6.45) is 0. The summed E-state index contributed by atoms with van der Waals surface area (Å²) in [6.45, 7) is 0.876. The van der Waals surface area contributed by atoms with E-state index in [2.05, 4.69) is 15.0 Å². The molecule has 3 aromatic rings. The zero-order chi connectivity index (χ0) is 21.0. The highest BCUT2D eigenvalue weighted by Crippen LogP contribution is 2.28. The Hall–Kier alpha value is -2.94. The van der Waals surface area contributed by atoms with Crippen molar-refractivity contribution in [1.29, 1.82) is 0 Å². The molecule has 0 aliphatic heterocycles. The Kier molecular flexibility index (Phi) is 6.48. The van der Waals surface area contributed by atoms with Crippen LogP contribution in [0.4, 0.5) is 14.5 Å². The summed E-state index contributed by atoms with van der Waals surface area (Å²) >= 11 is 1.12. The van der Waals surface area contributed by atoms with Gasteiger partial charge in [-0.15, -0.1) is 0 Å². The van der Waals surface area contributed by atoms with Crippen LogP contribution in [0.1, 0.15) is 13.8 Å². The molecule has 1 amide bonds. The van der Waals surface area contributed by atoms with E-state index in [1.807, 2.05) is 6.92 Å². The molecule has 0 radical (unpaired) electrons. The number of hydrogen-bond donors (Lipinski definition) is 1. The van der Waals surface area contributed by atoms with Crippen LogP contribution >= 0.6 is 11.8 Å². The van der Waals surface area contributed by atoms with Crippen molar-refractivity contribution >= 4 is 34.3 Å². The van der Waals surface area contributed by atoms with Crippen molar-refractivity contribution in [2.75, 3.05) is 5.32 Å². The lowest BCUT2D eigenvalue weighted by molar-refractivity contribution is -0.115. The number of hydrogen-bond acceptors (Lipinski definition) is 5. The van der Waals surface area contributed by atoms with E-state index >= 15 is 0 Å². The Labute approximate surface area is 169 Å². The summed E-state index contributed by atoms with van der Waals surface area (Å²) in [5.74, 6) is -0.548. The minimum atomic E-state index is -3.00. The fourth-order valence-corrected chi connectivity index (χ4v) is 3.70. The topological polar surface area (TPSA) is 73.2 Å². The highest BCUT2D eigenvalue weighted by atomic mass is 32.2. The fraction of sp³-hybridized carbons (Fsp3) is 0.250. The van der Waals surface area contributed by atoms with Crippen LogP contribution < -0.4 is 15.6 Å². The monoisotopic (exact) mass is 419 g/mol. The van der Waals surface area contributed by atoms with Gasteiger partial charge in [0.25, 0.3) is 5.56 Å². The molecule has 9 heteroatoms. The number of carbonyl (C=O) groups is 1. The van der Waals surface area contributed by atoms with Gasteiger partial charge in [-0.1, -0.05) is 36.0 Å². The second kappa shape index (κ2) is 9.04. The number of halogens is 2. The van der Waals surface area contributed by atoms with Crippen LogP contribution in [0.3, 0.4) is 0 Å². The second-order valence-electron chi connectivity index (χ2n) is 6.08. The van der Waals surface area contributed by atoms with Crippen LogP contribution in [0.25, 0.3) is 10.9 Å². The van der Waals surface area contributed by atoms with Gasteiger partial charge in [-0.2, -0.15) is 8.78 Å². The maximum atomic E-state index is 12.7. The number of thioether (sulfide) groups is 1. The SMILES string of the molecule is CCn1c(SC(C)C(=O)Nc2ccccc2OC(F)F)nc2ccccc2c1=O. The van der Waals surface area contributed by atoms with Crippen molar-refractivity contribution < 1.29 is 18.3 Å². The number of fused-ring (bicyclic) bond motifs is 1. The first-order valence-corrected chi connectivity index (χ1v) is 9.79. The van der Waals surface area contributed by atoms with E-state index in [4.69, 9.17) is 0 Å². The molecule has 2 aromatic carbocycles. The van der Waals surface area contributed by atoms with Crippen LogP contribution in [-0.2, 0) is 11.3 Å². The lowest BCUT2D eigenvalue weighted by atomic mass is 10.2. The van der Waals surface area contributed by atoms with E-state index in [9.17, 15) is 18.4 Å². The van der Waals surface area contributed by atoms with Gasteiger partial charge in [0.2, 0.25) is 5.91 Å². The summed E-state index contributed by atoms with van der Waals surface area (Å²) in [6, 6.07) is 13.0. The van der Waals surface area contributed by atoms with Gasteiger partial charge in [0, 0.05) is 6.54 Å². The van der Waals surface area contributed by atoms with Crippen molar-refractivity contribution in [3.63, 3.8) is 0 Å². The minimum absolute atomic E-state index is 0.123. The van der Waals surface area contributed by atoms with Gasteiger partial charge in [-0.05, 0) is 38.1 Å². The van der Waals surface area contributed by atoms with E-state index in [1.54, 1.807) is 37.3 Å². The minimum Gasteiger partial charge on any atom is -0.433 e. The number of benzene rings is 2. The smallest absolute Gasteiger partial charge is 0.387 e. The molecule has 1 aromatic heterocycles. The zero-order valence-electron chi connectivity index (χ0n) is 15.8. The Morgan fingerprint density at radius 2 is 1.90 bits per heavy atom. The number of carbonyl (C=O) groups excluding carboxylic acids is 1. The molecular weight excluding hydrogens is 400 g/mol. The molecule has 3 rings (SSSR count). The summed E-state index contributed by atoms with van der Waals surface area (Å²) in [5, 5.41) is 2.87. The van der Waals surface area contributed by atoms with E-state index in [0.717, 1.165) is 11.8 Å². The second-order valence-corrected chi connectivity index (χ2v) is 7.39. The first-order chi connectivity index (χ1) is 13.9. The van der Waals surface area contributed by atoms with Gasteiger partial charge in [0.1, 0.15) is 5.75 Å². The van der Waals surface area contributed by atoms with Crippen molar-refractivity contribution in [1.82, 2.24) is 9.55 Å². The average molecular weight is 419 g/mol. The molecule has 0 fully saturated rings. The molecule has 1 atom stereocenters. The molecule has 1 heterocycles. The third kappa shape index (κ3) is 4.73. The normalized spacial score (nSPS) is 12.2. The fourth-order valence-electron chi connectivity index (χ4n) is 2.73. The summed E-state index contributed by atoms with van der Waals surface area (Å²) in [5.41, 5.74) is 0.515. The first-order valence-electron chi connectivity index (χ1n) is 8.91. The molecule has 0 aliphatic carbocycles. The zero-order valence-corrected chi connectivity index (χ0v) is 16.6. The van der Waals surface area contributed by atoms with Crippen LogP contribution in [0.5, 0.6) is 5.75 Å². The molecule has 1 N–H and O–H groups in total. The molecular formula is C20H19F2N3O3S. The van der Waals surface area contributed by atoms with E-state index in [1.165, 1.54) is 22.8 Å². The molecule has 152 valence electrons. The molecule has 1 unspecified atom stereocenters. The van der Waals surface area contributed by atoms with Gasteiger partial charge in [0.05, 0.1) is 21.8 Å². The van der Waals surface area contributed by atoms with Crippen molar-refractivity contribution in [3.8, 4) is 5.75 Å². The van der Waals surface area contributed by atoms with Gasteiger partial charge in [0.15, 0.2) is 5.16 Å². The van der Waals surface area contributed by atoms with E-state index < -0.39 is 17.8 Å². The molecule has 0 spiro atoms. The lowest BCUT2D eigenvalue weighted by Gasteiger charge is -2.16. The Morgan fingerprint density at radius 1 is 1.21 bits per heavy atom. The number of para-hydroxylation sites is 3. The Bertz CT molecular complexity index is 1090. The van der Waals surface area contributed by atoms with Crippen molar-refractivity contribution in [3.05, 3.63) is 58.9 Å². The van der Waals surface area contributed by atoms with E-state index in [0.29, 0.717) is 22.6 Å². The number of amides is 1. The Morgan fingerprint density at radius 3 is 2.62 bits per heavy atom. The van der Waals surface area contributed by atoms with Crippen LogP contribution in [0, 0.1) is 0 Å². The summed E-state index contributed by atoms with van der Waals surface area (Å²) in [7, 11) is 0. The Balaban J connectivity index is 1.83. The van der Waals surface area contributed by atoms with E-state index in [-0.39, 0.29) is 17.0 Å².